The van der Waals surface area contributed by atoms with Gasteiger partial charge in [-0.25, -0.2) is 0 Å². The molecule has 2 N–H and O–H groups in total. The molecule has 0 aliphatic carbocycles. The van der Waals surface area contributed by atoms with Crippen LogP contribution in [0.5, 0.6) is 11.5 Å². The lowest BCUT2D eigenvalue weighted by Gasteiger charge is -2.30. The number of nitrogens with two attached hydrogens (primary N) is 1. The smallest absolute Gasteiger partial charge is 0.161 e. The molecule has 1 aromatic rings. The first-order valence-corrected chi connectivity index (χ1v) is 7.83. The summed E-state index contributed by atoms with van der Waals surface area (Å²) in [6.45, 7) is 5.46. The Balaban J connectivity index is 2.11. The lowest BCUT2D eigenvalue weighted by Crippen LogP contribution is -2.39. The average molecular weight is 292 g/mol. The van der Waals surface area contributed by atoms with Crippen molar-refractivity contribution >= 4 is 0 Å². The van der Waals surface area contributed by atoms with E-state index in [2.05, 4.69) is 18.7 Å². The van der Waals surface area contributed by atoms with Gasteiger partial charge >= 0.3 is 0 Å². The van der Waals surface area contributed by atoms with Crippen LogP contribution in [-0.4, -0.2) is 37.7 Å². The molecule has 1 saturated heterocycles. The van der Waals surface area contributed by atoms with Gasteiger partial charge in [-0.05, 0) is 43.9 Å². The molecular weight excluding hydrogens is 264 g/mol. The highest BCUT2D eigenvalue weighted by molar-refractivity contribution is 5.43. The number of rotatable bonds is 6. The third-order valence-electron chi connectivity index (χ3n) is 4.67. The predicted molar refractivity (Wildman–Crippen MR) is 86.0 cm³/mol. The molecule has 0 saturated carbocycles. The van der Waals surface area contributed by atoms with Crippen molar-refractivity contribution in [1.29, 1.82) is 0 Å². The van der Waals surface area contributed by atoms with Gasteiger partial charge in [-0.15, -0.1) is 0 Å². The minimum Gasteiger partial charge on any atom is -0.493 e. The second kappa shape index (κ2) is 7.14. The Kier molecular flexibility index (Phi) is 5.48. The first kappa shape index (κ1) is 16.1. The lowest BCUT2D eigenvalue weighted by atomic mass is 10.1. The molecule has 1 fully saturated rings. The van der Waals surface area contributed by atoms with Crippen LogP contribution in [0.1, 0.15) is 44.7 Å². The molecule has 0 amide bonds. The van der Waals surface area contributed by atoms with Crippen molar-refractivity contribution in [2.75, 3.05) is 20.8 Å². The summed E-state index contributed by atoms with van der Waals surface area (Å²) in [6.07, 6.45) is 3.76. The van der Waals surface area contributed by atoms with Crippen LogP contribution >= 0.6 is 0 Å². The molecule has 21 heavy (non-hydrogen) atoms. The van der Waals surface area contributed by atoms with E-state index in [4.69, 9.17) is 15.2 Å². The molecule has 2 rings (SSSR count). The van der Waals surface area contributed by atoms with Crippen molar-refractivity contribution in [2.45, 2.75) is 51.2 Å². The molecular formula is C17H28N2O2. The van der Waals surface area contributed by atoms with E-state index in [-0.39, 0.29) is 6.04 Å². The fourth-order valence-electron chi connectivity index (χ4n) is 3.31. The van der Waals surface area contributed by atoms with Gasteiger partial charge in [0.2, 0.25) is 0 Å². The summed E-state index contributed by atoms with van der Waals surface area (Å²) in [6, 6.07) is 7.25. The van der Waals surface area contributed by atoms with Crippen LogP contribution in [0.2, 0.25) is 0 Å². The first-order chi connectivity index (χ1) is 10.1. The Morgan fingerprint density at radius 2 is 1.95 bits per heavy atom. The minimum atomic E-state index is -0.000550. The zero-order valence-electron chi connectivity index (χ0n) is 13.6. The van der Waals surface area contributed by atoms with E-state index in [1.54, 1.807) is 14.2 Å². The molecule has 1 aromatic carbocycles. The summed E-state index contributed by atoms with van der Waals surface area (Å²) >= 11 is 0. The Morgan fingerprint density at radius 1 is 1.24 bits per heavy atom. The Labute approximate surface area is 128 Å². The van der Waals surface area contributed by atoms with E-state index in [9.17, 15) is 0 Å². The average Bonchev–Trinajstić information content (AvgIpc) is 2.86. The van der Waals surface area contributed by atoms with Gasteiger partial charge in [0.15, 0.2) is 11.5 Å². The fourth-order valence-corrected chi connectivity index (χ4v) is 3.31. The number of ether oxygens (including phenoxy) is 2. The molecule has 4 heteroatoms. The molecule has 3 atom stereocenters. The molecule has 0 bridgehead atoms. The van der Waals surface area contributed by atoms with Crippen LogP contribution in [0.15, 0.2) is 18.2 Å². The number of likely N-dealkylation sites (tertiary alicyclic amines) is 1. The molecule has 1 heterocycles. The summed E-state index contributed by atoms with van der Waals surface area (Å²) in [5, 5.41) is 0. The standard InChI is InChI=1S/C17H28N2O2/c1-5-14-8-6-12(2)19(14)11-15(18)13-7-9-16(20-3)17(10-13)21-4/h7,9-10,12,14-15H,5-6,8,11,18H2,1-4H3. The summed E-state index contributed by atoms with van der Waals surface area (Å²) in [7, 11) is 3.30. The maximum absolute atomic E-state index is 6.43. The van der Waals surface area contributed by atoms with Gasteiger partial charge in [-0.3, -0.25) is 4.90 Å². The largest absolute Gasteiger partial charge is 0.493 e. The molecule has 3 unspecified atom stereocenters. The van der Waals surface area contributed by atoms with Crippen LogP contribution in [0.3, 0.4) is 0 Å². The second-order valence-corrected chi connectivity index (χ2v) is 5.91. The van der Waals surface area contributed by atoms with Crippen molar-refractivity contribution in [3.63, 3.8) is 0 Å². The number of benzene rings is 1. The van der Waals surface area contributed by atoms with Crippen LogP contribution in [0, 0.1) is 0 Å². The highest BCUT2D eigenvalue weighted by atomic mass is 16.5. The van der Waals surface area contributed by atoms with E-state index in [0.29, 0.717) is 12.1 Å². The molecule has 1 aliphatic heterocycles. The fraction of sp³-hybridized carbons (Fsp3) is 0.647. The molecule has 118 valence electrons. The van der Waals surface area contributed by atoms with Crippen LogP contribution < -0.4 is 15.2 Å². The van der Waals surface area contributed by atoms with Crippen LogP contribution in [-0.2, 0) is 0 Å². The molecule has 0 aromatic heterocycles. The zero-order chi connectivity index (χ0) is 15.4. The third kappa shape index (κ3) is 3.50. The van der Waals surface area contributed by atoms with E-state index in [0.717, 1.165) is 23.6 Å². The van der Waals surface area contributed by atoms with Crippen molar-refractivity contribution in [2.24, 2.45) is 5.73 Å². The Bertz CT molecular complexity index is 464. The highest BCUT2D eigenvalue weighted by Crippen LogP contribution is 2.32. The summed E-state index contributed by atoms with van der Waals surface area (Å²) in [5.74, 6) is 1.49. The van der Waals surface area contributed by atoms with Crippen molar-refractivity contribution in [3.8, 4) is 11.5 Å². The van der Waals surface area contributed by atoms with Gasteiger partial charge in [0.1, 0.15) is 0 Å². The monoisotopic (exact) mass is 292 g/mol. The zero-order valence-corrected chi connectivity index (χ0v) is 13.6. The lowest BCUT2D eigenvalue weighted by molar-refractivity contribution is 0.186. The maximum atomic E-state index is 6.43. The Hall–Kier alpha value is -1.26. The number of hydrogen-bond donors (Lipinski definition) is 1. The minimum absolute atomic E-state index is 0.000550. The molecule has 0 radical (unpaired) electrons. The van der Waals surface area contributed by atoms with Gasteiger partial charge in [-0.1, -0.05) is 13.0 Å². The number of nitrogens with zero attached hydrogens (tertiary/aromatic N) is 1. The van der Waals surface area contributed by atoms with E-state index in [1.807, 2.05) is 18.2 Å². The van der Waals surface area contributed by atoms with Crippen LogP contribution in [0.4, 0.5) is 0 Å². The second-order valence-electron chi connectivity index (χ2n) is 5.91. The first-order valence-electron chi connectivity index (χ1n) is 7.83. The number of methoxy groups -OCH3 is 2. The number of hydrogen-bond acceptors (Lipinski definition) is 4. The van der Waals surface area contributed by atoms with Gasteiger partial charge in [0, 0.05) is 24.7 Å². The third-order valence-corrected chi connectivity index (χ3v) is 4.67. The quantitative estimate of drug-likeness (QED) is 0.875. The van der Waals surface area contributed by atoms with Gasteiger partial charge in [0.25, 0.3) is 0 Å². The van der Waals surface area contributed by atoms with Crippen LogP contribution in [0.25, 0.3) is 0 Å². The van der Waals surface area contributed by atoms with Crippen molar-refractivity contribution < 1.29 is 9.47 Å². The van der Waals surface area contributed by atoms with Crippen molar-refractivity contribution in [3.05, 3.63) is 23.8 Å². The normalized spacial score (nSPS) is 24.0. The van der Waals surface area contributed by atoms with Crippen molar-refractivity contribution in [1.82, 2.24) is 4.90 Å². The predicted octanol–water partition coefficient (Wildman–Crippen LogP) is 2.97. The highest BCUT2D eigenvalue weighted by Gasteiger charge is 2.30. The summed E-state index contributed by atoms with van der Waals surface area (Å²) in [5.41, 5.74) is 7.53. The van der Waals surface area contributed by atoms with E-state index < -0.39 is 0 Å². The summed E-state index contributed by atoms with van der Waals surface area (Å²) < 4.78 is 10.6. The molecule has 4 nitrogen and oxygen atoms in total. The Morgan fingerprint density at radius 3 is 2.57 bits per heavy atom. The van der Waals surface area contributed by atoms with Gasteiger partial charge < -0.3 is 15.2 Å². The van der Waals surface area contributed by atoms with Gasteiger partial charge in [0.05, 0.1) is 14.2 Å². The molecule has 1 aliphatic rings. The van der Waals surface area contributed by atoms with E-state index >= 15 is 0 Å². The van der Waals surface area contributed by atoms with E-state index in [1.165, 1.54) is 19.3 Å². The molecule has 0 spiro atoms. The maximum Gasteiger partial charge on any atom is 0.161 e. The topological polar surface area (TPSA) is 47.7 Å². The van der Waals surface area contributed by atoms with Gasteiger partial charge in [-0.2, -0.15) is 0 Å². The summed E-state index contributed by atoms with van der Waals surface area (Å²) in [4.78, 5) is 2.56. The SMILES string of the molecule is CCC1CCC(C)N1CC(N)c1ccc(OC)c(OC)c1.